The van der Waals surface area contributed by atoms with Crippen LogP contribution in [-0.2, 0) is 17.8 Å². The Balaban J connectivity index is 0.00000363. The van der Waals surface area contributed by atoms with Gasteiger partial charge in [-0.15, -0.1) is 24.0 Å². The van der Waals surface area contributed by atoms with Gasteiger partial charge in [0.05, 0.1) is 6.54 Å². The summed E-state index contributed by atoms with van der Waals surface area (Å²) in [6.07, 6.45) is 1.62. The molecule has 178 valence electrons. The first-order chi connectivity index (χ1) is 15.0. The van der Waals surface area contributed by atoms with Crippen LogP contribution in [0.5, 0.6) is 0 Å². The van der Waals surface area contributed by atoms with Crippen LogP contribution in [0.2, 0.25) is 0 Å². The monoisotopic (exact) mass is 564 g/mol. The van der Waals surface area contributed by atoms with E-state index in [9.17, 15) is 8.78 Å². The number of nitrogens with one attached hydrogen (secondary N) is 2. The number of rotatable bonds is 8. The van der Waals surface area contributed by atoms with Crippen LogP contribution in [0.25, 0.3) is 0 Å². The summed E-state index contributed by atoms with van der Waals surface area (Å²) in [5.74, 6) is 0.0354. The molecule has 0 bridgehead atoms. The number of halogens is 3. The van der Waals surface area contributed by atoms with Crippen molar-refractivity contribution < 1.29 is 18.0 Å². The molecule has 1 aliphatic heterocycles. The molecular formula is C21H31F2IN6O2. The van der Waals surface area contributed by atoms with Gasteiger partial charge >= 0.3 is 0 Å². The van der Waals surface area contributed by atoms with Gasteiger partial charge in [0.15, 0.2) is 23.4 Å². The van der Waals surface area contributed by atoms with E-state index in [1.165, 1.54) is 12.1 Å². The molecule has 1 aromatic heterocycles. The van der Waals surface area contributed by atoms with Crippen LogP contribution in [0, 0.1) is 11.6 Å². The second-order valence-electron chi connectivity index (χ2n) is 7.51. The molecule has 11 heteroatoms. The highest BCUT2D eigenvalue weighted by Crippen LogP contribution is 2.16. The number of aliphatic imine (C=N–C) groups is 1. The lowest BCUT2D eigenvalue weighted by molar-refractivity contribution is 0.0683. The molecule has 2 heterocycles. The van der Waals surface area contributed by atoms with Gasteiger partial charge in [0.25, 0.3) is 0 Å². The number of hydrogen-bond acceptors (Lipinski definition) is 6. The van der Waals surface area contributed by atoms with Gasteiger partial charge in [-0.2, -0.15) is 4.98 Å². The molecule has 1 aromatic carbocycles. The highest BCUT2D eigenvalue weighted by molar-refractivity contribution is 14.0. The Morgan fingerprint density at radius 1 is 1.31 bits per heavy atom. The lowest BCUT2D eigenvalue weighted by Gasteiger charge is -2.33. The van der Waals surface area contributed by atoms with E-state index >= 15 is 0 Å². The van der Waals surface area contributed by atoms with Gasteiger partial charge in [-0.05, 0) is 44.4 Å². The Kier molecular flexibility index (Phi) is 10.7. The van der Waals surface area contributed by atoms with Crippen LogP contribution < -0.4 is 10.6 Å². The minimum atomic E-state index is -0.814. The molecule has 3 rings (SSSR count). The third-order valence-electron chi connectivity index (χ3n) is 5.21. The summed E-state index contributed by atoms with van der Waals surface area (Å²) in [6.45, 7) is 7.06. The Bertz CT molecular complexity index is 874. The van der Waals surface area contributed by atoms with Gasteiger partial charge in [-0.25, -0.2) is 8.78 Å². The van der Waals surface area contributed by atoms with Crippen molar-refractivity contribution in [3.8, 4) is 0 Å². The molecule has 2 N–H and O–H groups in total. The molecule has 0 amide bonds. The van der Waals surface area contributed by atoms with Crippen molar-refractivity contribution in [3.63, 3.8) is 0 Å². The van der Waals surface area contributed by atoms with Crippen LogP contribution in [0.4, 0.5) is 8.78 Å². The van der Waals surface area contributed by atoms with E-state index in [2.05, 4.69) is 30.7 Å². The topological polar surface area (TPSA) is 87.8 Å². The standard InChI is InChI=1S/C21H30F2N6O2.HI/c1-4-30-14(2)20-27-19(31-28-20)12-25-21(24-3)26-16-7-9-29(10-8-16)13-15-5-6-17(22)18(23)11-15;/h5-6,11,14,16H,4,7-10,12-13H2,1-3H3,(H2,24,25,26);1H. The average Bonchev–Trinajstić information content (AvgIpc) is 3.24. The quantitative estimate of drug-likeness (QED) is 0.289. The minimum Gasteiger partial charge on any atom is -0.371 e. The lowest BCUT2D eigenvalue weighted by Crippen LogP contribution is -2.48. The predicted octanol–water partition coefficient (Wildman–Crippen LogP) is 3.39. The molecule has 0 saturated carbocycles. The van der Waals surface area contributed by atoms with Crippen molar-refractivity contribution in [2.24, 2.45) is 4.99 Å². The first kappa shape index (κ1) is 26.4. The summed E-state index contributed by atoms with van der Waals surface area (Å²) < 4.78 is 37.2. The maximum Gasteiger partial charge on any atom is 0.246 e. The van der Waals surface area contributed by atoms with E-state index in [0.717, 1.165) is 31.5 Å². The molecule has 1 atom stereocenters. The van der Waals surface area contributed by atoms with Gasteiger partial charge in [0.2, 0.25) is 5.89 Å². The third-order valence-corrected chi connectivity index (χ3v) is 5.21. The Hall–Kier alpha value is -1.86. The van der Waals surface area contributed by atoms with Crippen molar-refractivity contribution in [1.82, 2.24) is 25.7 Å². The summed E-state index contributed by atoms with van der Waals surface area (Å²) >= 11 is 0. The first-order valence-electron chi connectivity index (χ1n) is 10.6. The van der Waals surface area contributed by atoms with Gasteiger partial charge in [-0.3, -0.25) is 9.89 Å². The SMILES string of the molecule is CCOC(C)c1noc(CNC(=NC)NC2CCN(Cc3ccc(F)c(F)c3)CC2)n1.I. The fraction of sp³-hybridized carbons (Fsp3) is 0.571. The zero-order valence-corrected chi connectivity index (χ0v) is 20.9. The molecule has 8 nitrogen and oxygen atoms in total. The summed E-state index contributed by atoms with van der Waals surface area (Å²) in [4.78, 5) is 10.8. The molecule has 0 aliphatic carbocycles. The van der Waals surface area contributed by atoms with Crippen LogP contribution in [0.3, 0.4) is 0 Å². The Morgan fingerprint density at radius 2 is 2.06 bits per heavy atom. The molecule has 0 spiro atoms. The van der Waals surface area contributed by atoms with Crippen molar-refractivity contribution in [2.45, 2.75) is 51.9 Å². The highest BCUT2D eigenvalue weighted by atomic mass is 127. The highest BCUT2D eigenvalue weighted by Gasteiger charge is 2.21. The fourth-order valence-electron chi connectivity index (χ4n) is 3.51. The van der Waals surface area contributed by atoms with E-state index < -0.39 is 11.6 Å². The maximum absolute atomic E-state index is 13.4. The number of benzene rings is 1. The molecular weight excluding hydrogens is 533 g/mol. The van der Waals surface area contributed by atoms with Crippen LogP contribution >= 0.6 is 24.0 Å². The zero-order chi connectivity index (χ0) is 22.2. The number of aromatic nitrogens is 2. The number of guanidine groups is 1. The Labute approximate surface area is 204 Å². The smallest absolute Gasteiger partial charge is 0.246 e. The lowest BCUT2D eigenvalue weighted by atomic mass is 10.0. The van der Waals surface area contributed by atoms with Gasteiger partial charge < -0.3 is 19.9 Å². The zero-order valence-electron chi connectivity index (χ0n) is 18.6. The van der Waals surface area contributed by atoms with E-state index in [-0.39, 0.29) is 36.1 Å². The van der Waals surface area contributed by atoms with Crippen molar-refractivity contribution in [1.29, 1.82) is 0 Å². The predicted molar refractivity (Wildman–Crippen MR) is 128 cm³/mol. The summed E-state index contributed by atoms with van der Waals surface area (Å²) in [6, 6.07) is 4.35. The Morgan fingerprint density at radius 3 is 2.72 bits per heavy atom. The fourth-order valence-corrected chi connectivity index (χ4v) is 3.51. The molecule has 1 fully saturated rings. The molecule has 32 heavy (non-hydrogen) atoms. The van der Waals surface area contributed by atoms with Crippen molar-refractivity contribution >= 4 is 29.9 Å². The van der Waals surface area contributed by atoms with E-state index in [0.29, 0.717) is 37.4 Å². The third kappa shape index (κ3) is 7.62. The van der Waals surface area contributed by atoms with Gasteiger partial charge in [-0.1, -0.05) is 11.2 Å². The number of hydrogen-bond donors (Lipinski definition) is 2. The molecule has 1 saturated heterocycles. The van der Waals surface area contributed by atoms with Crippen LogP contribution in [-0.4, -0.2) is 53.8 Å². The molecule has 1 unspecified atom stereocenters. The number of piperidine rings is 1. The summed E-state index contributed by atoms with van der Waals surface area (Å²) in [7, 11) is 1.71. The normalized spacial score (nSPS) is 16.5. The van der Waals surface area contributed by atoms with Crippen LogP contribution in [0.15, 0.2) is 27.7 Å². The van der Waals surface area contributed by atoms with Gasteiger partial charge in [0.1, 0.15) is 6.10 Å². The van der Waals surface area contributed by atoms with E-state index in [4.69, 9.17) is 9.26 Å². The van der Waals surface area contributed by atoms with Crippen molar-refractivity contribution in [3.05, 3.63) is 47.1 Å². The first-order valence-corrected chi connectivity index (χ1v) is 10.6. The second kappa shape index (κ2) is 13.0. The minimum absolute atomic E-state index is 0. The van der Waals surface area contributed by atoms with E-state index in [1.807, 2.05) is 13.8 Å². The van der Waals surface area contributed by atoms with Gasteiger partial charge in [0, 0.05) is 39.3 Å². The van der Waals surface area contributed by atoms with Crippen molar-refractivity contribution in [2.75, 3.05) is 26.7 Å². The van der Waals surface area contributed by atoms with E-state index in [1.54, 1.807) is 13.1 Å². The number of nitrogens with zero attached hydrogens (tertiary/aromatic N) is 4. The number of ether oxygens (including phenoxy) is 1. The molecule has 1 aliphatic rings. The van der Waals surface area contributed by atoms with Crippen LogP contribution in [0.1, 0.15) is 50.1 Å². The summed E-state index contributed by atoms with van der Waals surface area (Å²) in [5, 5.41) is 10.6. The summed E-state index contributed by atoms with van der Waals surface area (Å²) in [5.41, 5.74) is 0.778. The number of likely N-dealkylation sites (tertiary alicyclic amines) is 1. The largest absolute Gasteiger partial charge is 0.371 e. The second-order valence-corrected chi connectivity index (χ2v) is 7.51. The average molecular weight is 564 g/mol. The maximum atomic E-state index is 13.4. The molecule has 0 radical (unpaired) electrons. The molecule has 2 aromatic rings.